The molecule has 0 spiro atoms. The molecule has 0 aliphatic heterocycles. The first kappa shape index (κ1) is 23.1. The number of rotatable bonds is 5. The van der Waals surface area contributed by atoms with Crippen molar-refractivity contribution in [2.45, 2.75) is 54.4 Å². The molecule has 162 valence electrons. The number of carbonyl (C=O) groups is 4. The number of Topliss-reactive ketones (excluding diaryl/α,β-unsaturated/α-hetero) is 4. The molecule has 0 bridgehead atoms. The van der Waals surface area contributed by atoms with Gasteiger partial charge >= 0.3 is 0 Å². The summed E-state index contributed by atoms with van der Waals surface area (Å²) in [4.78, 5) is 49.5. The summed E-state index contributed by atoms with van der Waals surface area (Å²) in [5.41, 5.74) is -4.58. The zero-order valence-corrected chi connectivity index (χ0v) is 17.8. The normalized spacial score (nSPS) is 21.5. The number of aliphatic hydroxyl groups is 4. The van der Waals surface area contributed by atoms with E-state index in [1.165, 1.54) is 34.6 Å². The van der Waals surface area contributed by atoms with Gasteiger partial charge in [-0.1, -0.05) is 6.92 Å². The van der Waals surface area contributed by atoms with Gasteiger partial charge in [-0.3, -0.25) is 19.2 Å². The third kappa shape index (κ3) is 3.16. The highest BCUT2D eigenvalue weighted by Gasteiger charge is 2.48. The van der Waals surface area contributed by atoms with Gasteiger partial charge in [0, 0.05) is 24.0 Å². The molecule has 8 heteroatoms. The lowest BCUT2D eigenvalue weighted by molar-refractivity contribution is -0.128. The topological polar surface area (TPSA) is 149 Å². The Hall–Kier alpha value is -3.16. The van der Waals surface area contributed by atoms with Gasteiger partial charge in [0.15, 0.2) is 23.1 Å². The summed E-state index contributed by atoms with van der Waals surface area (Å²) in [6.45, 7) is 8.08. The van der Waals surface area contributed by atoms with Crippen LogP contribution in [0, 0.1) is 10.8 Å². The molecular formula is C22H26O8. The lowest BCUT2D eigenvalue weighted by Gasteiger charge is -2.33. The lowest BCUT2D eigenvalue weighted by Crippen LogP contribution is -2.38. The van der Waals surface area contributed by atoms with Gasteiger partial charge in [-0.25, -0.2) is 0 Å². The van der Waals surface area contributed by atoms with Crippen molar-refractivity contribution >= 4 is 23.1 Å². The van der Waals surface area contributed by atoms with Crippen LogP contribution in [-0.4, -0.2) is 43.6 Å². The molecule has 4 N–H and O–H groups in total. The van der Waals surface area contributed by atoms with Crippen LogP contribution in [0.15, 0.2) is 45.3 Å². The molecule has 0 heterocycles. The van der Waals surface area contributed by atoms with Crippen LogP contribution < -0.4 is 0 Å². The Morgan fingerprint density at radius 1 is 0.767 bits per heavy atom. The predicted octanol–water partition coefficient (Wildman–Crippen LogP) is 3.41. The number of hydrogen-bond donors (Lipinski definition) is 4. The number of hydrogen-bond acceptors (Lipinski definition) is 8. The van der Waals surface area contributed by atoms with Crippen molar-refractivity contribution in [1.82, 2.24) is 0 Å². The SMILES string of the molecule is CCC(=O)C1=C(O)C(CC2=C(O)C(C)(C)C(=O)C(C(C)=O)=C2O)=C(O)C(C)(C)C1=O. The minimum absolute atomic E-state index is 0.0651. The summed E-state index contributed by atoms with van der Waals surface area (Å²) in [7, 11) is 0. The van der Waals surface area contributed by atoms with E-state index in [1.54, 1.807) is 0 Å². The molecule has 0 aromatic heterocycles. The third-order valence-electron chi connectivity index (χ3n) is 5.70. The average Bonchev–Trinajstić information content (AvgIpc) is 2.65. The zero-order valence-electron chi connectivity index (χ0n) is 17.8. The highest BCUT2D eigenvalue weighted by Crippen LogP contribution is 2.45. The maximum absolute atomic E-state index is 12.7. The van der Waals surface area contributed by atoms with Crippen LogP contribution in [0.4, 0.5) is 0 Å². The highest BCUT2D eigenvalue weighted by molar-refractivity contribution is 6.24. The lowest BCUT2D eigenvalue weighted by atomic mass is 9.70. The first-order valence-corrected chi connectivity index (χ1v) is 9.48. The van der Waals surface area contributed by atoms with Crippen LogP contribution in [0.3, 0.4) is 0 Å². The molecule has 0 radical (unpaired) electrons. The first-order valence-electron chi connectivity index (χ1n) is 9.48. The standard InChI is InChI=1S/C22H26O8/c1-7-12(24)14-16(26)11(18(28)22(5,6)20(14)30)8-10-15(25)13(9(2)23)19(29)21(3,4)17(10)27/h25-28H,7-8H2,1-6H3. The van der Waals surface area contributed by atoms with Gasteiger partial charge in [0.1, 0.15) is 34.2 Å². The van der Waals surface area contributed by atoms with E-state index in [1.807, 2.05) is 0 Å². The van der Waals surface area contributed by atoms with E-state index in [4.69, 9.17) is 0 Å². The second kappa shape index (κ2) is 7.27. The molecule has 2 aliphatic carbocycles. The fraction of sp³-hybridized carbons (Fsp3) is 0.455. The molecule has 0 atom stereocenters. The second-order valence-corrected chi connectivity index (χ2v) is 8.52. The minimum Gasteiger partial charge on any atom is -0.511 e. The van der Waals surface area contributed by atoms with Crippen LogP contribution in [0.5, 0.6) is 0 Å². The zero-order chi connectivity index (χ0) is 23.3. The van der Waals surface area contributed by atoms with Crippen molar-refractivity contribution in [2.24, 2.45) is 10.8 Å². The third-order valence-corrected chi connectivity index (χ3v) is 5.70. The van der Waals surface area contributed by atoms with Crippen LogP contribution in [0.1, 0.15) is 54.4 Å². The summed E-state index contributed by atoms with van der Waals surface area (Å²) < 4.78 is 0. The van der Waals surface area contributed by atoms with E-state index in [9.17, 15) is 39.6 Å². The fourth-order valence-electron chi connectivity index (χ4n) is 3.61. The second-order valence-electron chi connectivity index (χ2n) is 8.52. The summed E-state index contributed by atoms with van der Waals surface area (Å²) >= 11 is 0. The quantitative estimate of drug-likeness (QED) is 0.496. The van der Waals surface area contributed by atoms with Gasteiger partial charge in [0.05, 0.1) is 10.8 Å². The van der Waals surface area contributed by atoms with Crippen molar-refractivity contribution in [2.75, 3.05) is 0 Å². The Bertz CT molecular complexity index is 1010. The number of ketones is 4. The van der Waals surface area contributed by atoms with Crippen LogP contribution in [0.2, 0.25) is 0 Å². The molecule has 0 amide bonds. The van der Waals surface area contributed by atoms with E-state index in [-0.39, 0.29) is 17.6 Å². The Morgan fingerprint density at radius 2 is 1.13 bits per heavy atom. The molecule has 2 aliphatic rings. The average molecular weight is 418 g/mol. The van der Waals surface area contributed by atoms with Crippen LogP contribution >= 0.6 is 0 Å². The molecule has 0 saturated carbocycles. The fourth-order valence-corrected chi connectivity index (χ4v) is 3.61. The van der Waals surface area contributed by atoms with Crippen molar-refractivity contribution in [1.29, 1.82) is 0 Å². The van der Waals surface area contributed by atoms with Crippen molar-refractivity contribution in [3.05, 3.63) is 45.3 Å². The monoisotopic (exact) mass is 418 g/mol. The molecular weight excluding hydrogens is 392 g/mol. The molecule has 0 fully saturated rings. The highest BCUT2D eigenvalue weighted by atomic mass is 16.3. The molecule has 0 aromatic carbocycles. The minimum atomic E-state index is -1.54. The van der Waals surface area contributed by atoms with Gasteiger partial charge in [0.2, 0.25) is 0 Å². The Balaban J connectivity index is 2.79. The molecule has 2 rings (SSSR count). The van der Waals surface area contributed by atoms with Gasteiger partial charge in [-0.05, 0) is 34.6 Å². The molecule has 8 nitrogen and oxygen atoms in total. The van der Waals surface area contributed by atoms with E-state index in [0.717, 1.165) is 6.92 Å². The molecule has 0 unspecified atom stereocenters. The summed E-state index contributed by atoms with van der Waals surface area (Å²) in [5, 5.41) is 42.6. The summed E-state index contributed by atoms with van der Waals surface area (Å²) in [6, 6.07) is 0. The number of aliphatic hydroxyl groups excluding tert-OH is 4. The van der Waals surface area contributed by atoms with E-state index < -0.39 is 74.6 Å². The Morgan fingerprint density at radius 3 is 1.50 bits per heavy atom. The molecule has 30 heavy (non-hydrogen) atoms. The Labute approximate surface area is 173 Å². The van der Waals surface area contributed by atoms with Crippen LogP contribution in [-0.2, 0) is 19.2 Å². The Kier molecular flexibility index (Phi) is 5.60. The summed E-state index contributed by atoms with van der Waals surface area (Å²) in [5.74, 6) is -5.47. The largest absolute Gasteiger partial charge is 0.511 e. The van der Waals surface area contributed by atoms with E-state index in [0.29, 0.717) is 0 Å². The van der Waals surface area contributed by atoms with Gasteiger partial charge in [-0.2, -0.15) is 0 Å². The van der Waals surface area contributed by atoms with Gasteiger partial charge in [0.25, 0.3) is 0 Å². The van der Waals surface area contributed by atoms with Gasteiger partial charge < -0.3 is 20.4 Å². The number of carbonyl (C=O) groups excluding carboxylic acids is 4. The van der Waals surface area contributed by atoms with Crippen molar-refractivity contribution in [3.63, 3.8) is 0 Å². The van der Waals surface area contributed by atoms with Crippen molar-refractivity contribution in [3.8, 4) is 0 Å². The maximum Gasteiger partial charge on any atom is 0.183 e. The van der Waals surface area contributed by atoms with Crippen LogP contribution in [0.25, 0.3) is 0 Å². The predicted molar refractivity (Wildman–Crippen MR) is 107 cm³/mol. The molecule has 0 saturated heterocycles. The summed E-state index contributed by atoms with van der Waals surface area (Å²) in [6.07, 6.45) is -0.579. The van der Waals surface area contributed by atoms with E-state index in [2.05, 4.69) is 0 Å². The van der Waals surface area contributed by atoms with E-state index >= 15 is 0 Å². The maximum atomic E-state index is 12.7. The number of allylic oxidation sites excluding steroid dienone is 6. The molecule has 0 aromatic rings. The smallest absolute Gasteiger partial charge is 0.183 e. The van der Waals surface area contributed by atoms with Crippen molar-refractivity contribution < 1.29 is 39.6 Å². The first-order chi connectivity index (χ1) is 13.6. The van der Waals surface area contributed by atoms with Gasteiger partial charge in [-0.15, -0.1) is 0 Å².